The Bertz CT molecular complexity index is 1560. The summed E-state index contributed by atoms with van der Waals surface area (Å²) >= 11 is 0. The number of allylic oxidation sites excluding steroid dienone is 14. The van der Waals surface area contributed by atoms with Gasteiger partial charge in [0.15, 0.2) is 6.10 Å². The summed E-state index contributed by atoms with van der Waals surface area (Å²) in [6.07, 6.45) is 76.4. The van der Waals surface area contributed by atoms with Crippen LogP contribution in [0.3, 0.4) is 0 Å². The first-order chi connectivity index (χ1) is 37.0. The van der Waals surface area contributed by atoms with Crippen molar-refractivity contribution >= 4 is 19.8 Å². The van der Waals surface area contributed by atoms with Gasteiger partial charge in [-0.2, -0.15) is 0 Å². The first-order valence-corrected chi connectivity index (χ1v) is 32.8. The molecule has 0 aromatic carbocycles. The van der Waals surface area contributed by atoms with Crippen LogP contribution in [0.15, 0.2) is 85.1 Å². The molecule has 0 amide bonds. The third kappa shape index (κ3) is 60.4. The minimum absolute atomic E-state index is 0.0372. The number of hydrogen-bond donors (Lipinski definition) is 0. The van der Waals surface area contributed by atoms with E-state index >= 15 is 0 Å². The summed E-state index contributed by atoms with van der Waals surface area (Å²) in [6, 6.07) is 0. The highest BCUT2D eigenvalue weighted by atomic mass is 31.2. The predicted octanol–water partition coefficient (Wildman–Crippen LogP) is 19.2. The number of phosphoric acid groups is 1. The van der Waals surface area contributed by atoms with Gasteiger partial charge < -0.3 is 27.9 Å². The van der Waals surface area contributed by atoms with Crippen molar-refractivity contribution in [2.24, 2.45) is 0 Å². The fourth-order valence-corrected chi connectivity index (χ4v) is 9.33. The highest BCUT2D eigenvalue weighted by Gasteiger charge is 2.22. The van der Waals surface area contributed by atoms with Gasteiger partial charge in [0.25, 0.3) is 7.82 Å². The predicted molar refractivity (Wildman–Crippen MR) is 323 cm³/mol. The molecule has 0 radical (unpaired) electrons. The van der Waals surface area contributed by atoms with Crippen LogP contribution in [0.25, 0.3) is 0 Å². The summed E-state index contributed by atoms with van der Waals surface area (Å²) in [5.74, 6) is -0.846. The van der Waals surface area contributed by atoms with Crippen molar-refractivity contribution in [3.05, 3.63) is 85.1 Å². The molecule has 0 aliphatic heterocycles. The largest absolute Gasteiger partial charge is 0.756 e. The third-order valence-corrected chi connectivity index (χ3v) is 14.4. The number of esters is 2. The van der Waals surface area contributed by atoms with Crippen LogP contribution in [-0.2, 0) is 32.7 Å². The number of likely N-dealkylation sites (N-methyl/N-ethyl adjacent to an activating group) is 1. The molecule has 440 valence electrons. The molecule has 0 N–H and O–H groups in total. The number of carbonyl (C=O) groups is 2. The van der Waals surface area contributed by atoms with Gasteiger partial charge in [-0.15, -0.1) is 0 Å². The minimum Gasteiger partial charge on any atom is -0.756 e. The second-order valence-corrected chi connectivity index (χ2v) is 23.4. The van der Waals surface area contributed by atoms with Gasteiger partial charge in [-0.3, -0.25) is 14.2 Å². The molecule has 0 spiro atoms. The summed E-state index contributed by atoms with van der Waals surface area (Å²) in [4.78, 5) is 38.0. The molecule has 0 heterocycles. The number of ether oxygens (including phenoxy) is 2. The van der Waals surface area contributed by atoms with Gasteiger partial charge >= 0.3 is 11.9 Å². The number of carbonyl (C=O) groups excluding carboxylic acids is 2. The van der Waals surface area contributed by atoms with Gasteiger partial charge in [-0.1, -0.05) is 253 Å². The maximum atomic E-state index is 12.8. The van der Waals surface area contributed by atoms with E-state index < -0.39 is 26.5 Å². The smallest absolute Gasteiger partial charge is 0.306 e. The summed E-state index contributed by atoms with van der Waals surface area (Å²) < 4.78 is 34.2. The van der Waals surface area contributed by atoms with Crippen LogP contribution in [0.2, 0.25) is 0 Å². The monoisotopic (exact) mass is 1080 g/mol. The van der Waals surface area contributed by atoms with E-state index in [0.29, 0.717) is 17.4 Å². The van der Waals surface area contributed by atoms with Crippen LogP contribution in [-0.4, -0.2) is 70.0 Å². The second kappa shape index (κ2) is 56.9. The van der Waals surface area contributed by atoms with E-state index in [-0.39, 0.29) is 32.0 Å². The van der Waals surface area contributed by atoms with E-state index in [9.17, 15) is 19.0 Å². The van der Waals surface area contributed by atoms with Crippen LogP contribution < -0.4 is 4.89 Å². The van der Waals surface area contributed by atoms with E-state index in [0.717, 1.165) is 96.3 Å². The van der Waals surface area contributed by atoms with E-state index in [2.05, 4.69) is 98.9 Å². The van der Waals surface area contributed by atoms with Crippen molar-refractivity contribution in [3.63, 3.8) is 0 Å². The number of unbranched alkanes of at least 4 members (excludes halogenated alkanes) is 29. The van der Waals surface area contributed by atoms with Gasteiger partial charge in [-0.05, 0) is 89.9 Å². The van der Waals surface area contributed by atoms with Gasteiger partial charge in [0.05, 0.1) is 27.7 Å². The summed E-state index contributed by atoms with van der Waals surface area (Å²) in [6.45, 7) is 4.13. The van der Waals surface area contributed by atoms with Crippen molar-refractivity contribution in [1.82, 2.24) is 0 Å². The topological polar surface area (TPSA) is 111 Å². The molecular formula is C66H118NO8P. The Morgan fingerprint density at radius 3 is 1.13 bits per heavy atom. The molecule has 0 aromatic heterocycles. The summed E-state index contributed by atoms with van der Waals surface area (Å²) in [7, 11) is 1.15. The lowest BCUT2D eigenvalue weighted by molar-refractivity contribution is -0.870. The molecule has 2 unspecified atom stereocenters. The molecule has 9 nitrogen and oxygen atoms in total. The number of phosphoric ester groups is 1. The van der Waals surface area contributed by atoms with Gasteiger partial charge in [0, 0.05) is 12.8 Å². The summed E-state index contributed by atoms with van der Waals surface area (Å²) in [5, 5.41) is 0. The lowest BCUT2D eigenvalue weighted by Crippen LogP contribution is -2.37. The van der Waals surface area contributed by atoms with Crippen molar-refractivity contribution in [2.45, 2.75) is 277 Å². The van der Waals surface area contributed by atoms with E-state index in [1.807, 2.05) is 21.1 Å². The third-order valence-electron chi connectivity index (χ3n) is 13.4. The fourth-order valence-electron chi connectivity index (χ4n) is 8.60. The van der Waals surface area contributed by atoms with Crippen LogP contribution in [0, 0.1) is 0 Å². The first kappa shape index (κ1) is 73.2. The Morgan fingerprint density at radius 1 is 0.421 bits per heavy atom. The van der Waals surface area contributed by atoms with Gasteiger partial charge in [-0.25, -0.2) is 0 Å². The maximum Gasteiger partial charge on any atom is 0.306 e. The van der Waals surface area contributed by atoms with Crippen LogP contribution >= 0.6 is 7.82 Å². The average Bonchev–Trinajstić information content (AvgIpc) is 3.38. The normalized spacial score (nSPS) is 13.8. The zero-order valence-electron chi connectivity index (χ0n) is 49.9. The molecule has 0 aromatic rings. The molecule has 0 saturated carbocycles. The zero-order valence-corrected chi connectivity index (χ0v) is 50.8. The van der Waals surface area contributed by atoms with E-state index in [1.54, 1.807) is 0 Å². The summed E-state index contributed by atoms with van der Waals surface area (Å²) in [5.41, 5.74) is 0. The number of hydrogen-bond acceptors (Lipinski definition) is 8. The molecule has 0 aliphatic rings. The molecule has 0 fully saturated rings. The Morgan fingerprint density at radius 2 is 0.750 bits per heavy atom. The number of rotatable bonds is 57. The number of nitrogens with zero attached hydrogens (tertiary/aromatic N) is 1. The Balaban J connectivity index is 4.15. The average molecular weight is 1080 g/mol. The molecule has 0 rings (SSSR count). The van der Waals surface area contributed by atoms with Gasteiger partial charge in [0.1, 0.15) is 19.8 Å². The first-order valence-electron chi connectivity index (χ1n) is 31.3. The van der Waals surface area contributed by atoms with Crippen molar-refractivity contribution in [3.8, 4) is 0 Å². The molecule has 0 bridgehead atoms. The lowest BCUT2D eigenvalue weighted by atomic mass is 10.0. The quantitative estimate of drug-likeness (QED) is 0.0195. The highest BCUT2D eigenvalue weighted by Crippen LogP contribution is 2.38. The van der Waals surface area contributed by atoms with E-state index in [4.69, 9.17) is 18.5 Å². The molecule has 0 aliphatic carbocycles. The highest BCUT2D eigenvalue weighted by molar-refractivity contribution is 7.45. The zero-order chi connectivity index (χ0) is 55.6. The van der Waals surface area contributed by atoms with Crippen molar-refractivity contribution in [1.29, 1.82) is 0 Å². The lowest BCUT2D eigenvalue weighted by Gasteiger charge is -2.28. The SMILES string of the molecule is CC/C=C\C/C=C\C/C=C\C/C=C\C/C=C\C/C=C\CCCCCCCCC(=O)OC(COC(=O)CCCCCCCCCCCCCCCCC/C=C\CCCCCCCCCC)COP(=O)([O-])OCC[N+](C)(C)C. The van der Waals surface area contributed by atoms with Crippen molar-refractivity contribution < 1.29 is 42.1 Å². The Kier molecular flexibility index (Phi) is 54.8. The molecular weight excluding hydrogens is 966 g/mol. The van der Waals surface area contributed by atoms with Crippen LogP contribution in [0.4, 0.5) is 0 Å². The van der Waals surface area contributed by atoms with E-state index in [1.165, 1.54) is 141 Å². The maximum absolute atomic E-state index is 12.8. The number of quaternary nitrogens is 1. The van der Waals surface area contributed by atoms with Gasteiger partial charge in [0.2, 0.25) is 0 Å². The fraction of sp³-hybridized carbons (Fsp3) is 0.758. The molecule has 2 atom stereocenters. The Hall–Kier alpha value is -2.81. The van der Waals surface area contributed by atoms with Crippen LogP contribution in [0.5, 0.6) is 0 Å². The minimum atomic E-state index is -4.65. The molecule has 10 heteroatoms. The second-order valence-electron chi connectivity index (χ2n) is 22.0. The van der Waals surface area contributed by atoms with Crippen molar-refractivity contribution in [2.75, 3.05) is 47.5 Å². The Labute approximate surface area is 469 Å². The standard InChI is InChI=1S/C66H118NO8P/c1-6-8-10-12-14-16-18-20-22-24-26-28-30-32-33-35-36-38-40-42-44-46-48-50-52-54-56-58-65(68)72-62-64(63-74-76(70,71)73-61-60-67(3,4)5)75-66(69)59-57-55-53-51-49-47-45-43-41-39-37-34-31-29-27-25-23-21-19-17-15-13-11-9-7-2/h9,11,15,17,21,23-24,26-27,29,34,37,41,43,64H,6-8,10,12-14,16,18-20,22,25,28,30-33,35-36,38-40,42,44-63H2,1-5H3/b11-9-,17-15-,23-21-,26-24-,29-27-,37-34-,43-41-. The van der Waals surface area contributed by atoms with Crippen LogP contribution in [0.1, 0.15) is 271 Å². The molecule has 76 heavy (non-hydrogen) atoms. The molecule has 0 saturated heterocycles.